The molecule has 0 heterocycles. The highest BCUT2D eigenvalue weighted by Gasteiger charge is 2.04. The number of aryl methyl sites for hydroxylation is 2. The second kappa shape index (κ2) is 8.18. The Kier molecular flexibility index (Phi) is 6.85. The first-order valence-electron chi connectivity index (χ1n) is 6.43. The van der Waals surface area contributed by atoms with Gasteiger partial charge >= 0.3 is 0 Å². The van der Waals surface area contributed by atoms with Gasteiger partial charge in [0.2, 0.25) is 0 Å². The standard InChI is InChI=1S/C15H22N2S/c1-4-17-15(10-16)5-6-18-11-14-8-12(2)7-13(3)9-14/h7-9,15,17H,4-6,11H2,1-3H3. The van der Waals surface area contributed by atoms with Crippen LogP contribution in [-0.4, -0.2) is 18.3 Å². The molecular formula is C15H22N2S. The minimum atomic E-state index is 0.00162. The Labute approximate surface area is 115 Å². The highest BCUT2D eigenvalue weighted by atomic mass is 32.2. The van der Waals surface area contributed by atoms with E-state index in [1.165, 1.54) is 16.7 Å². The Morgan fingerprint density at radius 2 is 1.94 bits per heavy atom. The SMILES string of the molecule is CCNC(C#N)CCSCc1cc(C)cc(C)c1. The molecule has 1 aromatic rings. The van der Waals surface area contributed by atoms with Gasteiger partial charge in [-0.3, -0.25) is 0 Å². The highest BCUT2D eigenvalue weighted by molar-refractivity contribution is 7.98. The maximum absolute atomic E-state index is 8.92. The molecule has 0 radical (unpaired) electrons. The smallest absolute Gasteiger partial charge is 0.0960 e. The van der Waals surface area contributed by atoms with Crippen molar-refractivity contribution in [1.29, 1.82) is 5.26 Å². The van der Waals surface area contributed by atoms with Crippen molar-refractivity contribution in [3.05, 3.63) is 34.9 Å². The van der Waals surface area contributed by atoms with Crippen molar-refractivity contribution in [3.63, 3.8) is 0 Å². The maximum atomic E-state index is 8.92. The molecule has 98 valence electrons. The molecule has 0 spiro atoms. The highest BCUT2D eigenvalue weighted by Crippen LogP contribution is 2.16. The molecule has 1 atom stereocenters. The number of thioether (sulfide) groups is 1. The molecule has 0 fully saturated rings. The molecule has 0 amide bonds. The van der Waals surface area contributed by atoms with Crippen LogP contribution in [0.15, 0.2) is 18.2 Å². The lowest BCUT2D eigenvalue weighted by atomic mass is 10.1. The molecule has 0 aromatic heterocycles. The van der Waals surface area contributed by atoms with Gasteiger partial charge in [0.15, 0.2) is 0 Å². The lowest BCUT2D eigenvalue weighted by molar-refractivity contribution is 0.613. The maximum Gasteiger partial charge on any atom is 0.0960 e. The number of nitrogens with one attached hydrogen (secondary N) is 1. The molecule has 1 aromatic carbocycles. The minimum Gasteiger partial charge on any atom is -0.302 e. The van der Waals surface area contributed by atoms with Gasteiger partial charge in [-0.05, 0) is 38.1 Å². The Morgan fingerprint density at radius 3 is 2.50 bits per heavy atom. The first-order valence-corrected chi connectivity index (χ1v) is 7.59. The third-order valence-electron chi connectivity index (χ3n) is 2.71. The van der Waals surface area contributed by atoms with E-state index in [1.807, 2.05) is 18.7 Å². The van der Waals surface area contributed by atoms with Crippen molar-refractivity contribution in [2.45, 2.75) is 39.0 Å². The van der Waals surface area contributed by atoms with Gasteiger partial charge in [-0.15, -0.1) is 0 Å². The van der Waals surface area contributed by atoms with Crippen molar-refractivity contribution >= 4 is 11.8 Å². The third-order valence-corrected chi connectivity index (χ3v) is 3.77. The van der Waals surface area contributed by atoms with Crippen molar-refractivity contribution < 1.29 is 0 Å². The lowest BCUT2D eigenvalue weighted by Crippen LogP contribution is -2.27. The summed E-state index contributed by atoms with van der Waals surface area (Å²) in [7, 11) is 0. The minimum absolute atomic E-state index is 0.00162. The van der Waals surface area contributed by atoms with E-state index in [1.54, 1.807) is 0 Å². The Bertz CT molecular complexity index is 389. The van der Waals surface area contributed by atoms with Gasteiger partial charge in [0.25, 0.3) is 0 Å². The van der Waals surface area contributed by atoms with E-state index in [2.05, 4.69) is 43.4 Å². The van der Waals surface area contributed by atoms with E-state index in [-0.39, 0.29) is 6.04 Å². The van der Waals surface area contributed by atoms with E-state index in [4.69, 9.17) is 5.26 Å². The molecule has 1 unspecified atom stereocenters. The Morgan fingerprint density at radius 1 is 1.28 bits per heavy atom. The normalized spacial score (nSPS) is 12.1. The number of hydrogen-bond acceptors (Lipinski definition) is 3. The Hall–Kier alpha value is -0.980. The van der Waals surface area contributed by atoms with Crippen LogP contribution in [0.25, 0.3) is 0 Å². The van der Waals surface area contributed by atoms with E-state index < -0.39 is 0 Å². The molecule has 0 aliphatic carbocycles. The molecule has 1 N–H and O–H groups in total. The van der Waals surface area contributed by atoms with Crippen LogP contribution in [0.3, 0.4) is 0 Å². The molecule has 0 saturated carbocycles. The predicted octanol–water partition coefficient (Wildman–Crippen LogP) is 3.43. The lowest BCUT2D eigenvalue weighted by Gasteiger charge is -2.09. The fraction of sp³-hybridized carbons (Fsp3) is 0.533. The van der Waals surface area contributed by atoms with Crippen LogP contribution in [0.2, 0.25) is 0 Å². The molecule has 1 rings (SSSR count). The van der Waals surface area contributed by atoms with Gasteiger partial charge in [-0.25, -0.2) is 0 Å². The summed E-state index contributed by atoms with van der Waals surface area (Å²) in [4.78, 5) is 0. The van der Waals surface area contributed by atoms with Crippen LogP contribution in [0.5, 0.6) is 0 Å². The van der Waals surface area contributed by atoms with Crippen molar-refractivity contribution in [3.8, 4) is 6.07 Å². The van der Waals surface area contributed by atoms with Crippen LogP contribution in [0, 0.1) is 25.2 Å². The molecule has 18 heavy (non-hydrogen) atoms. The second-order valence-corrected chi connectivity index (χ2v) is 5.68. The van der Waals surface area contributed by atoms with Crippen LogP contribution in [-0.2, 0) is 5.75 Å². The monoisotopic (exact) mass is 262 g/mol. The van der Waals surface area contributed by atoms with Gasteiger partial charge in [0, 0.05) is 5.75 Å². The molecule has 2 nitrogen and oxygen atoms in total. The van der Waals surface area contributed by atoms with Crippen LogP contribution < -0.4 is 5.32 Å². The Balaban J connectivity index is 2.31. The van der Waals surface area contributed by atoms with Crippen molar-refractivity contribution in [2.24, 2.45) is 0 Å². The number of benzene rings is 1. The summed E-state index contributed by atoms with van der Waals surface area (Å²) < 4.78 is 0. The summed E-state index contributed by atoms with van der Waals surface area (Å²) in [5, 5.41) is 12.1. The van der Waals surface area contributed by atoms with E-state index >= 15 is 0 Å². The summed E-state index contributed by atoms with van der Waals surface area (Å²) in [6.45, 7) is 7.17. The molecule has 0 bridgehead atoms. The molecule has 0 aliphatic rings. The van der Waals surface area contributed by atoms with Crippen LogP contribution in [0.4, 0.5) is 0 Å². The zero-order chi connectivity index (χ0) is 13.4. The summed E-state index contributed by atoms with van der Waals surface area (Å²) in [6, 6.07) is 8.98. The largest absolute Gasteiger partial charge is 0.302 e. The third kappa shape index (κ3) is 5.57. The van der Waals surface area contributed by atoms with Crippen molar-refractivity contribution in [2.75, 3.05) is 12.3 Å². The van der Waals surface area contributed by atoms with Crippen LogP contribution in [0.1, 0.15) is 30.0 Å². The number of nitrogens with zero attached hydrogens (tertiary/aromatic N) is 1. The van der Waals surface area contributed by atoms with E-state index in [0.29, 0.717) is 0 Å². The fourth-order valence-electron chi connectivity index (χ4n) is 2.00. The zero-order valence-corrected chi connectivity index (χ0v) is 12.3. The summed E-state index contributed by atoms with van der Waals surface area (Å²) in [5.41, 5.74) is 4.04. The first kappa shape index (κ1) is 15.1. The zero-order valence-electron chi connectivity index (χ0n) is 11.5. The topological polar surface area (TPSA) is 35.8 Å². The number of nitriles is 1. The molecular weight excluding hydrogens is 240 g/mol. The van der Waals surface area contributed by atoms with E-state index in [0.717, 1.165) is 24.5 Å². The predicted molar refractivity (Wildman–Crippen MR) is 79.8 cm³/mol. The number of rotatable bonds is 7. The molecule has 0 aliphatic heterocycles. The summed E-state index contributed by atoms with van der Waals surface area (Å²) >= 11 is 1.90. The van der Waals surface area contributed by atoms with Gasteiger partial charge in [-0.2, -0.15) is 17.0 Å². The number of hydrogen-bond donors (Lipinski definition) is 1. The summed E-state index contributed by atoms with van der Waals surface area (Å²) in [6.07, 6.45) is 0.916. The van der Waals surface area contributed by atoms with E-state index in [9.17, 15) is 0 Å². The first-order chi connectivity index (χ1) is 8.65. The van der Waals surface area contributed by atoms with Crippen LogP contribution >= 0.6 is 11.8 Å². The van der Waals surface area contributed by atoms with Gasteiger partial charge in [-0.1, -0.05) is 36.2 Å². The fourth-order valence-corrected chi connectivity index (χ4v) is 2.95. The average molecular weight is 262 g/mol. The summed E-state index contributed by atoms with van der Waals surface area (Å²) in [5.74, 6) is 2.06. The quantitative estimate of drug-likeness (QED) is 0.765. The molecule has 3 heteroatoms. The van der Waals surface area contributed by atoms with Gasteiger partial charge in [0.1, 0.15) is 0 Å². The van der Waals surface area contributed by atoms with Gasteiger partial charge in [0.05, 0.1) is 12.1 Å². The molecule has 0 saturated heterocycles. The average Bonchev–Trinajstić information content (AvgIpc) is 2.32. The van der Waals surface area contributed by atoms with Gasteiger partial charge < -0.3 is 5.32 Å². The van der Waals surface area contributed by atoms with Crippen molar-refractivity contribution in [1.82, 2.24) is 5.32 Å². The second-order valence-electron chi connectivity index (χ2n) is 4.58.